The number of hydrogen-bond acceptors (Lipinski definition) is 4. The zero-order valence-corrected chi connectivity index (χ0v) is 9.66. The van der Waals surface area contributed by atoms with Crippen molar-refractivity contribution >= 4 is 28.9 Å². The van der Waals surface area contributed by atoms with Crippen LogP contribution in [0.3, 0.4) is 0 Å². The standard InChI is InChI=1S/C9H15N3S.ClH/c1-2-4-10-8(3-1)7-12-9-11-5-6-13-9;/h5-6,8,10H,1-4,7H2,(H,11,12);1H. The minimum Gasteiger partial charge on any atom is -0.360 e. The van der Waals surface area contributed by atoms with Gasteiger partial charge in [-0.2, -0.15) is 0 Å². The largest absolute Gasteiger partial charge is 0.360 e. The minimum atomic E-state index is 0. The van der Waals surface area contributed by atoms with Crippen molar-refractivity contribution < 1.29 is 0 Å². The maximum absolute atomic E-state index is 4.18. The smallest absolute Gasteiger partial charge is 0.182 e. The van der Waals surface area contributed by atoms with Crippen molar-refractivity contribution in [2.45, 2.75) is 25.3 Å². The lowest BCUT2D eigenvalue weighted by Crippen LogP contribution is -2.39. The highest BCUT2D eigenvalue weighted by molar-refractivity contribution is 7.13. The van der Waals surface area contributed by atoms with E-state index in [0.717, 1.165) is 11.7 Å². The summed E-state index contributed by atoms with van der Waals surface area (Å²) >= 11 is 1.66. The van der Waals surface area contributed by atoms with Crippen LogP contribution in [0.2, 0.25) is 0 Å². The van der Waals surface area contributed by atoms with Crippen molar-refractivity contribution in [2.24, 2.45) is 0 Å². The fourth-order valence-corrected chi connectivity index (χ4v) is 2.16. The van der Waals surface area contributed by atoms with Gasteiger partial charge in [-0.25, -0.2) is 4.98 Å². The van der Waals surface area contributed by atoms with E-state index in [2.05, 4.69) is 15.6 Å². The van der Waals surface area contributed by atoms with E-state index < -0.39 is 0 Å². The summed E-state index contributed by atoms with van der Waals surface area (Å²) < 4.78 is 0. The van der Waals surface area contributed by atoms with E-state index in [1.807, 2.05) is 11.6 Å². The van der Waals surface area contributed by atoms with Crippen LogP contribution in [0.4, 0.5) is 5.13 Å². The molecule has 14 heavy (non-hydrogen) atoms. The number of aromatic nitrogens is 1. The van der Waals surface area contributed by atoms with Crippen molar-refractivity contribution in [3.63, 3.8) is 0 Å². The number of halogens is 1. The number of rotatable bonds is 3. The summed E-state index contributed by atoms with van der Waals surface area (Å²) in [6, 6.07) is 0.637. The molecule has 1 atom stereocenters. The maximum atomic E-state index is 4.18. The summed E-state index contributed by atoms with van der Waals surface area (Å²) in [5.74, 6) is 0. The molecule has 1 aromatic heterocycles. The monoisotopic (exact) mass is 233 g/mol. The first-order valence-corrected chi connectivity index (χ1v) is 5.70. The van der Waals surface area contributed by atoms with E-state index in [0.29, 0.717) is 6.04 Å². The molecule has 80 valence electrons. The van der Waals surface area contributed by atoms with Gasteiger partial charge in [0.1, 0.15) is 0 Å². The number of nitrogens with one attached hydrogen (secondary N) is 2. The number of piperidine rings is 1. The molecule has 3 nitrogen and oxygen atoms in total. The molecule has 2 rings (SSSR count). The Morgan fingerprint density at radius 1 is 1.57 bits per heavy atom. The quantitative estimate of drug-likeness (QED) is 0.840. The molecule has 1 aromatic rings. The molecule has 0 amide bonds. The van der Waals surface area contributed by atoms with E-state index in [4.69, 9.17) is 0 Å². The maximum Gasteiger partial charge on any atom is 0.182 e. The van der Waals surface area contributed by atoms with Gasteiger partial charge in [-0.1, -0.05) is 6.42 Å². The highest BCUT2D eigenvalue weighted by Gasteiger charge is 2.11. The van der Waals surface area contributed by atoms with E-state index >= 15 is 0 Å². The lowest BCUT2D eigenvalue weighted by molar-refractivity contribution is 0.414. The van der Waals surface area contributed by atoms with Crippen LogP contribution in [0.5, 0.6) is 0 Å². The van der Waals surface area contributed by atoms with Gasteiger partial charge in [0, 0.05) is 24.2 Å². The van der Waals surface area contributed by atoms with Crippen molar-refractivity contribution in [3.8, 4) is 0 Å². The lowest BCUT2D eigenvalue weighted by Gasteiger charge is -2.23. The summed E-state index contributed by atoms with van der Waals surface area (Å²) in [5.41, 5.74) is 0. The number of nitrogens with zero attached hydrogens (tertiary/aromatic N) is 1. The summed E-state index contributed by atoms with van der Waals surface area (Å²) in [6.45, 7) is 2.18. The van der Waals surface area contributed by atoms with Gasteiger partial charge in [0.25, 0.3) is 0 Å². The zero-order chi connectivity index (χ0) is 8.93. The first kappa shape index (κ1) is 11.8. The second-order valence-electron chi connectivity index (χ2n) is 3.36. The average molecular weight is 234 g/mol. The Balaban J connectivity index is 0.000000980. The predicted molar refractivity (Wildman–Crippen MR) is 63.5 cm³/mol. The highest BCUT2D eigenvalue weighted by Crippen LogP contribution is 2.12. The normalized spacial score (nSPS) is 21.3. The molecule has 1 aliphatic rings. The van der Waals surface area contributed by atoms with E-state index in [1.165, 1.54) is 25.8 Å². The number of thiazole rings is 1. The molecule has 2 N–H and O–H groups in total. The molecule has 0 radical (unpaired) electrons. The fraction of sp³-hybridized carbons (Fsp3) is 0.667. The molecule has 0 aromatic carbocycles. The Morgan fingerprint density at radius 3 is 3.14 bits per heavy atom. The Morgan fingerprint density at radius 2 is 2.50 bits per heavy atom. The summed E-state index contributed by atoms with van der Waals surface area (Å²) in [7, 11) is 0. The SMILES string of the molecule is Cl.c1csc(NCC2CCCCN2)n1. The average Bonchev–Trinajstić information content (AvgIpc) is 2.69. The van der Waals surface area contributed by atoms with Gasteiger partial charge in [0.05, 0.1) is 0 Å². The number of anilines is 1. The molecule has 0 spiro atoms. The van der Waals surface area contributed by atoms with Crippen LogP contribution in [0.1, 0.15) is 19.3 Å². The Bertz CT molecular complexity index is 234. The van der Waals surface area contributed by atoms with Crippen molar-refractivity contribution in [3.05, 3.63) is 11.6 Å². The second kappa shape index (κ2) is 6.22. The highest BCUT2D eigenvalue weighted by atomic mass is 35.5. The van der Waals surface area contributed by atoms with Gasteiger partial charge in [-0.15, -0.1) is 23.7 Å². The van der Waals surface area contributed by atoms with Crippen LogP contribution in [0, 0.1) is 0 Å². The van der Waals surface area contributed by atoms with Gasteiger partial charge in [-0.3, -0.25) is 0 Å². The molecule has 1 unspecified atom stereocenters. The third-order valence-electron chi connectivity index (χ3n) is 2.34. The third kappa shape index (κ3) is 3.44. The van der Waals surface area contributed by atoms with E-state index in [9.17, 15) is 0 Å². The van der Waals surface area contributed by atoms with Crippen molar-refractivity contribution in [1.29, 1.82) is 0 Å². The summed E-state index contributed by atoms with van der Waals surface area (Å²) in [6.07, 6.45) is 5.81. The van der Waals surface area contributed by atoms with Gasteiger partial charge < -0.3 is 10.6 Å². The third-order valence-corrected chi connectivity index (χ3v) is 3.08. The van der Waals surface area contributed by atoms with Crippen LogP contribution in [0.25, 0.3) is 0 Å². The van der Waals surface area contributed by atoms with Gasteiger partial charge in [0.15, 0.2) is 5.13 Å². The predicted octanol–water partition coefficient (Wildman–Crippen LogP) is 2.12. The molecule has 1 saturated heterocycles. The van der Waals surface area contributed by atoms with Gasteiger partial charge in [-0.05, 0) is 19.4 Å². The minimum absolute atomic E-state index is 0. The fourth-order valence-electron chi connectivity index (χ4n) is 1.62. The van der Waals surface area contributed by atoms with Crippen LogP contribution >= 0.6 is 23.7 Å². The Hall–Kier alpha value is -0.320. The van der Waals surface area contributed by atoms with E-state index in [1.54, 1.807) is 11.3 Å². The Labute approximate surface area is 94.7 Å². The van der Waals surface area contributed by atoms with Gasteiger partial charge >= 0.3 is 0 Å². The molecule has 0 aliphatic carbocycles. The molecule has 1 fully saturated rings. The number of hydrogen-bond donors (Lipinski definition) is 2. The van der Waals surface area contributed by atoms with Crippen LogP contribution in [0.15, 0.2) is 11.6 Å². The van der Waals surface area contributed by atoms with Gasteiger partial charge in [0.2, 0.25) is 0 Å². The van der Waals surface area contributed by atoms with E-state index in [-0.39, 0.29) is 12.4 Å². The molecule has 2 heterocycles. The van der Waals surface area contributed by atoms with Crippen molar-refractivity contribution in [1.82, 2.24) is 10.3 Å². The Kier molecular flexibility index (Phi) is 5.22. The zero-order valence-electron chi connectivity index (χ0n) is 8.03. The first-order chi connectivity index (χ1) is 6.45. The molecule has 1 aliphatic heterocycles. The van der Waals surface area contributed by atoms with Crippen LogP contribution in [-0.2, 0) is 0 Å². The molecule has 0 bridgehead atoms. The van der Waals surface area contributed by atoms with Crippen LogP contribution < -0.4 is 10.6 Å². The summed E-state index contributed by atoms with van der Waals surface area (Å²) in [4.78, 5) is 4.18. The van der Waals surface area contributed by atoms with Crippen molar-refractivity contribution in [2.75, 3.05) is 18.4 Å². The molecule has 0 saturated carbocycles. The molecular weight excluding hydrogens is 218 g/mol. The lowest BCUT2D eigenvalue weighted by atomic mass is 10.1. The topological polar surface area (TPSA) is 37.0 Å². The second-order valence-corrected chi connectivity index (χ2v) is 4.26. The van der Waals surface area contributed by atoms with Crippen LogP contribution in [-0.4, -0.2) is 24.1 Å². The molecule has 5 heteroatoms. The molecular formula is C9H16ClN3S. The first-order valence-electron chi connectivity index (χ1n) is 4.82. The summed E-state index contributed by atoms with van der Waals surface area (Å²) in [5, 5.41) is 9.87.